The van der Waals surface area contributed by atoms with Crippen LogP contribution < -0.4 is 9.64 Å². The molecule has 5 nitrogen and oxygen atoms in total. The lowest BCUT2D eigenvalue weighted by molar-refractivity contribution is -0.118. The van der Waals surface area contributed by atoms with Gasteiger partial charge >= 0.3 is 0 Å². The highest BCUT2D eigenvalue weighted by molar-refractivity contribution is 7.22. The van der Waals surface area contributed by atoms with Gasteiger partial charge in [0.25, 0.3) is 0 Å². The van der Waals surface area contributed by atoms with Crippen molar-refractivity contribution >= 4 is 44.2 Å². The largest absolute Gasteiger partial charge is 0.496 e. The highest BCUT2D eigenvalue weighted by atomic mass is 35.5. The molecule has 0 saturated carbocycles. The van der Waals surface area contributed by atoms with Crippen molar-refractivity contribution in [3.05, 3.63) is 52.5 Å². The summed E-state index contributed by atoms with van der Waals surface area (Å²) in [5, 5.41) is 1.35. The van der Waals surface area contributed by atoms with E-state index in [1.165, 1.54) is 11.3 Å². The number of aryl methyl sites for hydroxylation is 1. The minimum atomic E-state index is 0.00946. The molecule has 1 aromatic heterocycles. The molecule has 1 unspecified atom stereocenters. The van der Waals surface area contributed by atoms with E-state index >= 15 is 0 Å². The molecule has 7 heteroatoms. The summed E-state index contributed by atoms with van der Waals surface area (Å²) < 4.78 is 12.1. The van der Waals surface area contributed by atoms with Gasteiger partial charge in [0, 0.05) is 11.6 Å². The Morgan fingerprint density at radius 2 is 2.21 bits per heavy atom. The average molecular weight is 431 g/mol. The summed E-state index contributed by atoms with van der Waals surface area (Å²) >= 11 is 7.61. The van der Waals surface area contributed by atoms with Crippen molar-refractivity contribution in [2.45, 2.75) is 32.3 Å². The van der Waals surface area contributed by atoms with Crippen LogP contribution in [0.15, 0.2) is 36.4 Å². The van der Waals surface area contributed by atoms with Gasteiger partial charge in [-0.15, -0.1) is 0 Å². The van der Waals surface area contributed by atoms with Crippen LogP contribution >= 0.6 is 22.9 Å². The minimum absolute atomic E-state index is 0.00946. The molecule has 1 amide bonds. The Bertz CT molecular complexity index is 1030. The highest BCUT2D eigenvalue weighted by Gasteiger charge is 2.26. The summed E-state index contributed by atoms with van der Waals surface area (Å²) in [5.41, 5.74) is 2.81. The third-order valence-corrected chi connectivity index (χ3v) is 6.37. The van der Waals surface area contributed by atoms with E-state index in [0.29, 0.717) is 23.1 Å². The molecule has 1 atom stereocenters. The fraction of sp³-hybridized carbons (Fsp3) is 0.364. The van der Waals surface area contributed by atoms with Gasteiger partial charge in [-0.25, -0.2) is 4.98 Å². The van der Waals surface area contributed by atoms with E-state index in [2.05, 4.69) is 0 Å². The van der Waals surface area contributed by atoms with Crippen molar-refractivity contribution in [2.24, 2.45) is 0 Å². The number of nitrogens with zero attached hydrogens (tertiary/aromatic N) is 2. The first-order valence-corrected chi connectivity index (χ1v) is 10.8. The van der Waals surface area contributed by atoms with Crippen molar-refractivity contribution in [2.75, 3.05) is 25.2 Å². The maximum atomic E-state index is 13.3. The molecule has 1 aliphatic rings. The summed E-state index contributed by atoms with van der Waals surface area (Å²) in [6, 6.07) is 11.4. The van der Waals surface area contributed by atoms with Crippen molar-refractivity contribution in [1.29, 1.82) is 0 Å². The molecule has 0 bridgehead atoms. The minimum Gasteiger partial charge on any atom is -0.496 e. The van der Waals surface area contributed by atoms with E-state index in [0.717, 1.165) is 46.5 Å². The quantitative estimate of drug-likeness (QED) is 0.550. The normalized spacial score (nSPS) is 16.3. The van der Waals surface area contributed by atoms with Gasteiger partial charge in [0.2, 0.25) is 5.91 Å². The SMILES string of the molecule is COc1ccc(CC(=O)N(CC2CCCO2)c2nc3ccc(Cl)cc3s2)cc1C. The number of hydrogen-bond acceptors (Lipinski definition) is 5. The third kappa shape index (κ3) is 4.55. The fourth-order valence-electron chi connectivity index (χ4n) is 3.60. The Labute approximate surface area is 179 Å². The zero-order valence-corrected chi connectivity index (χ0v) is 18.1. The molecule has 0 N–H and O–H groups in total. The molecule has 152 valence electrons. The number of anilines is 1. The third-order valence-electron chi connectivity index (χ3n) is 5.10. The van der Waals surface area contributed by atoms with Crippen LogP contribution in [0.4, 0.5) is 5.13 Å². The number of rotatable bonds is 6. The molecule has 4 rings (SSSR count). The molecule has 0 aliphatic carbocycles. The van der Waals surface area contributed by atoms with Gasteiger partial charge in [0.15, 0.2) is 5.13 Å². The second-order valence-corrected chi connectivity index (χ2v) is 8.67. The Morgan fingerprint density at radius 1 is 1.34 bits per heavy atom. The van der Waals surface area contributed by atoms with Crippen LogP contribution in [-0.2, 0) is 16.0 Å². The lowest BCUT2D eigenvalue weighted by Crippen LogP contribution is -2.38. The van der Waals surface area contributed by atoms with Crippen LogP contribution in [0, 0.1) is 6.92 Å². The zero-order chi connectivity index (χ0) is 20.4. The summed E-state index contributed by atoms with van der Waals surface area (Å²) in [6.45, 7) is 3.25. The molecule has 1 saturated heterocycles. The number of halogens is 1. The summed E-state index contributed by atoms with van der Waals surface area (Å²) in [7, 11) is 1.65. The van der Waals surface area contributed by atoms with Crippen molar-refractivity contribution in [3.8, 4) is 5.75 Å². The number of amides is 1. The van der Waals surface area contributed by atoms with Crippen LogP contribution in [0.5, 0.6) is 5.75 Å². The Hall–Kier alpha value is -2.15. The van der Waals surface area contributed by atoms with Crippen molar-refractivity contribution in [1.82, 2.24) is 4.98 Å². The second-order valence-electron chi connectivity index (χ2n) is 7.23. The Balaban J connectivity index is 1.61. The second kappa shape index (κ2) is 8.69. The molecule has 3 aromatic rings. The monoisotopic (exact) mass is 430 g/mol. The number of ether oxygens (including phenoxy) is 2. The standard InChI is InChI=1S/C22H23ClN2O3S/c1-14-10-15(5-8-19(14)27-2)11-21(26)25(13-17-4-3-9-28-17)22-24-18-7-6-16(23)12-20(18)29-22/h5-8,10,12,17H,3-4,9,11,13H2,1-2H3. The Kier molecular flexibility index (Phi) is 6.04. The number of carbonyl (C=O) groups excluding carboxylic acids is 1. The maximum absolute atomic E-state index is 13.3. The highest BCUT2D eigenvalue weighted by Crippen LogP contribution is 2.32. The smallest absolute Gasteiger partial charge is 0.233 e. The van der Waals surface area contributed by atoms with Gasteiger partial charge in [0.1, 0.15) is 5.75 Å². The molecule has 1 aliphatic heterocycles. The topological polar surface area (TPSA) is 51.7 Å². The van der Waals surface area contributed by atoms with Crippen LogP contribution in [0.3, 0.4) is 0 Å². The van der Waals surface area contributed by atoms with Gasteiger partial charge in [-0.2, -0.15) is 0 Å². The van der Waals surface area contributed by atoms with E-state index in [-0.39, 0.29) is 12.0 Å². The number of aromatic nitrogens is 1. The molecule has 0 radical (unpaired) electrons. The molecular weight excluding hydrogens is 408 g/mol. The summed E-state index contributed by atoms with van der Waals surface area (Å²) in [5.74, 6) is 0.829. The summed E-state index contributed by atoms with van der Waals surface area (Å²) in [4.78, 5) is 19.8. The van der Waals surface area contributed by atoms with Crippen molar-refractivity contribution < 1.29 is 14.3 Å². The van der Waals surface area contributed by atoms with E-state index < -0.39 is 0 Å². The molecule has 29 heavy (non-hydrogen) atoms. The van der Waals surface area contributed by atoms with E-state index in [9.17, 15) is 4.79 Å². The zero-order valence-electron chi connectivity index (χ0n) is 16.5. The summed E-state index contributed by atoms with van der Waals surface area (Å²) in [6.07, 6.45) is 2.34. The van der Waals surface area contributed by atoms with Gasteiger partial charge in [0.05, 0.1) is 36.4 Å². The fourth-order valence-corrected chi connectivity index (χ4v) is 4.87. The number of hydrogen-bond donors (Lipinski definition) is 0. The van der Waals surface area contributed by atoms with Gasteiger partial charge in [-0.05, 0) is 55.2 Å². The first-order chi connectivity index (χ1) is 14.0. The molecule has 0 spiro atoms. The first kappa shape index (κ1) is 20.1. The van der Waals surface area contributed by atoms with Crippen molar-refractivity contribution in [3.63, 3.8) is 0 Å². The van der Waals surface area contributed by atoms with Crippen LogP contribution in [0.1, 0.15) is 24.0 Å². The predicted octanol–water partition coefficient (Wildman–Crippen LogP) is 5.02. The van der Waals surface area contributed by atoms with Gasteiger partial charge in [-0.3, -0.25) is 9.69 Å². The number of thiazole rings is 1. The lowest BCUT2D eigenvalue weighted by Gasteiger charge is -2.23. The first-order valence-electron chi connectivity index (χ1n) is 9.65. The average Bonchev–Trinajstić information content (AvgIpc) is 3.35. The molecule has 2 aromatic carbocycles. The molecule has 2 heterocycles. The Morgan fingerprint density at radius 3 is 2.93 bits per heavy atom. The number of methoxy groups -OCH3 is 1. The van der Waals surface area contributed by atoms with E-state index in [4.69, 9.17) is 26.1 Å². The van der Waals surface area contributed by atoms with Gasteiger partial charge in [-0.1, -0.05) is 35.1 Å². The lowest BCUT2D eigenvalue weighted by atomic mass is 10.1. The maximum Gasteiger partial charge on any atom is 0.233 e. The number of benzene rings is 2. The predicted molar refractivity (Wildman–Crippen MR) is 117 cm³/mol. The van der Waals surface area contributed by atoms with Crippen LogP contribution in [0.25, 0.3) is 10.2 Å². The molecule has 1 fully saturated rings. The molecular formula is C22H23ClN2O3S. The van der Waals surface area contributed by atoms with E-state index in [1.54, 1.807) is 12.0 Å². The van der Waals surface area contributed by atoms with Crippen LogP contribution in [-0.4, -0.2) is 37.3 Å². The number of carbonyl (C=O) groups is 1. The van der Waals surface area contributed by atoms with Crippen LogP contribution in [0.2, 0.25) is 5.02 Å². The van der Waals surface area contributed by atoms with Gasteiger partial charge < -0.3 is 9.47 Å². The van der Waals surface area contributed by atoms with E-state index in [1.807, 2.05) is 43.3 Å². The number of fused-ring (bicyclic) bond motifs is 1.